The highest BCUT2D eigenvalue weighted by molar-refractivity contribution is 7.94. The maximum Gasteiger partial charge on any atom is 0.0649 e. The minimum Gasteiger partial charge on any atom is -0.310 e. The number of benzene rings is 1. The van der Waals surface area contributed by atoms with Gasteiger partial charge < -0.3 is 4.18 Å². The second-order valence-corrected chi connectivity index (χ2v) is 5.99. The lowest BCUT2D eigenvalue weighted by atomic mass is 9.90. The molecule has 2 aliphatic rings. The zero-order valence-corrected chi connectivity index (χ0v) is 10.3. The third-order valence-electron chi connectivity index (χ3n) is 4.07. The Kier molecular flexibility index (Phi) is 3.20. The second kappa shape index (κ2) is 4.80. The monoisotopic (exact) mass is 234 g/mol. The first kappa shape index (κ1) is 10.7. The fourth-order valence-corrected chi connectivity index (χ4v) is 3.89. The van der Waals surface area contributed by atoms with Crippen LogP contribution in [0.25, 0.3) is 0 Å². The van der Waals surface area contributed by atoms with E-state index in [1.807, 2.05) is 6.07 Å². The predicted molar refractivity (Wildman–Crippen MR) is 67.2 cm³/mol. The van der Waals surface area contributed by atoms with E-state index in [-0.39, 0.29) is 0 Å². The summed E-state index contributed by atoms with van der Waals surface area (Å²) in [6.45, 7) is 0.945. The summed E-state index contributed by atoms with van der Waals surface area (Å²) >= 11 is 1.53. The van der Waals surface area contributed by atoms with E-state index in [1.165, 1.54) is 42.6 Å². The maximum atomic E-state index is 5.77. The van der Waals surface area contributed by atoms with Crippen LogP contribution in [0.4, 0.5) is 0 Å². The fourth-order valence-electron chi connectivity index (χ4n) is 3.25. The molecule has 0 aromatic heterocycles. The van der Waals surface area contributed by atoms with E-state index >= 15 is 0 Å². The molecule has 2 heteroatoms. The van der Waals surface area contributed by atoms with Crippen LogP contribution in [0.15, 0.2) is 35.2 Å². The molecule has 3 rings (SSSR count). The minimum absolute atomic E-state index is 0.843. The summed E-state index contributed by atoms with van der Waals surface area (Å²) < 4.78 is 5.77. The van der Waals surface area contributed by atoms with Crippen LogP contribution in [0, 0.1) is 17.8 Å². The number of rotatable bonds is 4. The van der Waals surface area contributed by atoms with E-state index in [0.29, 0.717) is 0 Å². The van der Waals surface area contributed by atoms with Gasteiger partial charge in [-0.15, -0.1) is 0 Å². The molecule has 0 heterocycles. The molecule has 86 valence electrons. The van der Waals surface area contributed by atoms with Gasteiger partial charge in [0.2, 0.25) is 0 Å². The molecule has 1 aromatic carbocycles. The smallest absolute Gasteiger partial charge is 0.0649 e. The largest absolute Gasteiger partial charge is 0.310 e. The molecule has 2 aliphatic carbocycles. The van der Waals surface area contributed by atoms with Crippen LogP contribution < -0.4 is 0 Å². The Labute approximate surface area is 102 Å². The third-order valence-corrected chi connectivity index (χ3v) is 4.78. The van der Waals surface area contributed by atoms with Crippen molar-refractivity contribution in [3.8, 4) is 0 Å². The molecule has 2 saturated carbocycles. The standard InChI is InChI=1S/C14H18OS/c1-2-4-14(5-3-1)16-15-10-13-9-11-6-7-12(13)8-11/h1-5,11-13H,6-10H2/t11-,12+,13+/m0/s1. The van der Waals surface area contributed by atoms with Gasteiger partial charge in [0.05, 0.1) is 6.61 Å². The zero-order valence-electron chi connectivity index (χ0n) is 9.47. The topological polar surface area (TPSA) is 9.23 Å². The molecule has 0 amide bonds. The van der Waals surface area contributed by atoms with Gasteiger partial charge in [0.15, 0.2) is 0 Å². The Morgan fingerprint density at radius 2 is 2.00 bits per heavy atom. The number of fused-ring (bicyclic) bond motifs is 2. The van der Waals surface area contributed by atoms with E-state index in [1.54, 1.807) is 0 Å². The van der Waals surface area contributed by atoms with E-state index < -0.39 is 0 Å². The van der Waals surface area contributed by atoms with Crippen molar-refractivity contribution in [1.82, 2.24) is 0 Å². The first-order chi connectivity index (χ1) is 7.92. The van der Waals surface area contributed by atoms with Crippen LogP contribution in [0.3, 0.4) is 0 Å². The quantitative estimate of drug-likeness (QED) is 0.724. The van der Waals surface area contributed by atoms with Gasteiger partial charge in [-0.05, 0) is 49.1 Å². The minimum atomic E-state index is 0.843. The van der Waals surface area contributed by atoms with Crippen LogP contribution in [-0.2, 0) is 4.18 Å². The summed E-state index contributed by atoms with van der Waals surface area (Å²) in [6.07, 6.45) is 5.83. The predicted octanol–water partition coefficient (Wildman–Crippen LogP) is 4.15. The van der Waals surface area contributed by atoms with Gasteiger partial charge in [-0.2, -0.15) is 0 Å². The van der Waals surface area contributed by atoms with Gasteiger partial charge in [-0.25, -0.2) is 0 Å². The van der Waals surface area contributed by atoms with Crippen molar-refractivity contribution < 1.29 is 4.18 Å². The molecule has 1 aromatic rings. The average molecular weight is 234 g/mol. The Bertz CT molecular complexity index is 338. The van der Waals surface area contributed by atoms with Crippen molar-refractivity contribution >= 4 is 12.0 Å². The highest BCUT2D eigenvalue weighted by Gasteiger charge is 2.39. The van der Waals surface area contributed by atoms with Crippen LogP contribution in [0.2, 0.25) is 0 Å². The van der Waals surface area contributed by atoms with Gasteiger partial charge in [-0.1, -0.05) is 24.6 Å². The van der Waals surface area contributed by atoms with E-state index in [2.05, 4.69) is 24.3 Å². The van der Waals surface area contributed by atoms with Crippen LogP contribution in [0.1, 0.15) is 25.7 Å². The first-order valence-electron chi connectivity index (χ1n) is 6.26. The average Bonchev–Trinajstić information content (AvgIpc) is 2.92. The molecule has 0 spiro atoms. The molecule has 1 nitrogen and oxygen atoms in total. The fraction of sp³-hybridized carbons (Fsp3) is 0.571. The molecule has 0 radical (unpaired) electrons. The SMILES string of the molecule is c1ccc(SOC[C@H]2C[C@H]3CC[C@@H]2C3)cc1. The maximum absolute atomic E-state index is 5.77. The highest BCUT2D eigenvalue weighted by Crippen LogP contribution is 2.48. The van der Waals surface area contributed by atoms with Crippen molar-refractivity contribution in [1.29, 1.82) is 0 Å². The Morgan fingerprint density at radius 1 is 1.12 bits per heavy atom. The third kappa shape index (κ3) is 2.28. The van der Waals surface area contributed by atoms with Gasteiger partial charge in [-0.3, -0.25) is 0 Å². The summed E-state index contributed by atoms with van der Waals surface area (Å²) in [6, 6.07) is 10.4. The molecule has 0 unspecified atom stereocenters. The lowest BCUT2D eigenvalue weighted by Gasteiger charge is -2.20. The van der Waals surface area contributed by atoms with Crippen LogP contribution in [0.5, 0.6) is 0 Å². The van der Waals surface area contributed by atoms with Crippen molar-refractivity contribution in [2.24, 2.45) is 17.8 Å². The van der Waals surface area contributed by atoms with Gasteiger partial charge in [0.1, 0.15) is 0 Å². The summed E-state index contributed by atoms with van der Waals surface area (Å²) in [5.41, 5.74) is 0. The molecule has 2 fully saturated rings. The van der Waals surface area contributed by atoms with Crippen LogP contribution >= 0.6 is 12.0 Å². The van der Waals surface area contributed by atoms with Gasteiger partial charge >= 0.3 is 0 Å². The number of hydrogen-bond acceptors (Lipinski definition) is 2. The molecule has 0 N–H and O–H groups in total. The van der Waals surface area contributed by atoms with Crippen molar-refractivity contribution in [2.45, 2.75) is 30.6 Å². The van der Waals surface area contributed by atoms with Crippen molar-refractivity contribution in [3.05, 3.63) is 30.3 Å². The van der Waals surface area contributed by atoms with E-state index in [4.69, 9.17) is 4.18 Å². The van der Waals surface area contributed by atoms with Crippen LogP contribution in [-0.4, -0.2) is 6.61 Å². The van der Waals surface area contributed by atoms with Gasteiger partial charge in [0, 0.05) is 16.9 Å². The zero-order chi connectivity index (χ0) is 10.8. The summed E-state index contributed by atoms with van der Waals surface area (Å²) in [5.74, 6) is 2.84. The number of hydrogen-bond donors (Lipinski definition) is 0. The molecule has 0 aliphatic heterocycles. The second-order valence-electron chi connectivity index (χ2n) is 5.12. The summed E-state index contributed by atoms with van der Waals surface area (Å²) in [5, 5.41) is 0. The molecular formula is C14H18OS. The van der Waals surface area contributed by atoms with E-state index in [0.717, 1.165) is 24.4 Å². The normalized spacial score (nSPS) is 32.1. The first-order valence-corrected chi connectivity index (χ1v) is 7.00. The molecule has 2 bridgehead atoms. The molecule has 16 heavy (non-hydrogen) atoms. The highest BCUT2D eigenvalue weighted by atomic mass is 32.2. The summed E-state index contributed by atoms with van der Waals surface area (Å²) in [7, 11) is 0. The lowest BCUT2D eigenvalue weighted by molar-refractivity contribution is 0.219. The lowest BCUT2D eigenvalue weighted by Crippen LogP contribution is -2.14. The Morgan fingerprint density at radius 3 is 2.69 bits per heavy atom. The molecular weight excluding hydrogens is 216 g/mol. The molecule has 0 saturated heterocycles. The molecule has 3 atom stereocenters. The Hall–Kier alpha value is -0.470. The van der Waals surface area contributed by atoms with Crippen molar-refractivity contribution in [3.63, 3.8) is 0 Å². The van der Waals surface area contributed by atoms with Crippen molar-refractivity contribution in [2.75, 3.05) is 6.61 Å². The van der Waals surface area contributed by atoms with Gasteiger partial charge in [0.25, 0.3) is 0 Å². The Balaban J connectivity index is 1.44. The van der Waals surface area contributed by atoms with E-state index in [9.17, 15) is 0 Å². The summed E-state index contributed by atoms with van der Waals surface area (Å²) in [4.78, 5) is 1.21.